The molecule has 7 heteroatoms. The molecule has 1 aliphatic carbocycles. The van der Waals surface area contributed by atoms with E-state index in [0.29, 0.717) is 35.9 Å². The summed E-state index contributed by atoms with van der Waals surface area (Å²) < 4.78 is 5.74. The number of aromatic nitrogens is 2. The highest BCUT2D eigenvalue weighted by Crippen LogP contribution is 2.59. The molecular weight excluding hydrogens is 378 g/mol. The number of likely N-dealkylation sites (tertiary alicyclic amines) is 1. The van der Waals surface area contributed by atoms with Gasteiger partial charge in [0.25, 0.3) is 0 Å². The number of piperidine rings is 1. The molecule has 2 N–H and O–H groups in total. The summed E-state index contributed by atoms with van der Waals surface area (Å²) in [5.74, 6) is 1.77. The lowest BCUT2D eigenvalue weighted by Crippen LogP contribution is -2.40. The fraction of sp³-hybridized carbons (Fsp3) is 0.391. The molecule has 4 heterocycles. The third-order valence-electron chi connectivity index (χ3n) is 6.61. The van der Waals surface area contributed by atoms with Crippen molar-refractivity contribution < 1.29 is 9.21 Å². The number of nitrogens with zero attached hydrogens (tertiary/aromatic N) is 4. The van der Waals surface area contributed by atoms with Gasteiger partial charge < -0.3 is 15.1 Å². The van der Waals surface area contributed by atoms with E-state index in [0.717, 1.165) is 42.5 Å². The average molecular weight is 403 g/mol. The molecule has 1 aliphatic heterocycles. The monoisotopic (exact) mass is 403 g/mol. The standard InChI is InChI=1S/C23H25N5O2/c24-22(19-11-17-3-7-26-15-20(17)30-19)27-14-18-12-23(18)4-8-28(9-5-23)21(29)10-16-2-1-6-25-13-16/h1-3,6-7,11,13,15,18H,4-5,8-10,12,14H2,(H2,24,27). The molecule has 2 aliphatic rings. The Bertz CT molecular complexity index is 1050. The van der Waals surface area contributed by atoms with Crippen molar-refractivity contribution in [3.8, 4) is 0 Å². The first-order valence-electron chi connectivity index (χ1n) is 10.4. The number of aliphatic imine (C=N–C) groups is 1. The predicted molar refractivity (Wildman–Crippen MR) is 114 cm³/mol. The van der Waals surface area contributed by atoms with Gasteiger partial charge in [-0.15, -0.1) is 0 Å². The summed E-state index contributed by atoms with van der Waals surface area (Å²) in [5.41, 5.74) is 8.18. The van der Waals surface area contributed by atoms with Crippen LogP contribution in [0.15, 0.2) is 58.5 Å². The Hall–Kier alpha value is -3.22. The van der Waals surface area contributed by atoms with Crippen LogP contribution >= 0.6 is 0 Å². The first-order chi connectivity index (χ1) is 14.6. The van der Waals surface area contributed by atoms with Gasteiger partial charge in [0.2, 0.25) is 5.91 Å². The second-order valence-electron chi connectivity index (χ2n) is 8.43. The Kier molecular flexibility index (Phi) is 4.73. The summed E-state index contributed by atoms with van der Waals surface area (Å²) in [6, 6.07) is 7.63. The highest BCUT2D eigenvalue weighted by Gasteiger charge is 2.54. The van der Waals surface area contributed by atoms with Crippen LogP contribution in [0.5, 0.6) is 0 Å². The van der Waals surface area contributed by atoms with Gasteiger partial charge in [0.1, 0.15) is 0 Å². The number of hydrogen-bond donors (Lipinski definition) is 1. The van der Waals surface area contributed by atoms with Crippen LogP contribution in [-0.4, -0.2) is 46.2 Å². The maximum atomic E-state index is 12.6. The van der Waals surface area contributed by atoms with Gasteiger partial charge in [-0.3, -0.25) is 19.8 Å². The lowest BCUT2D eigenvalue weighted by Gasteiger charge is -2.33. The van der Waals surface area contributed by atoms with Crippen LogP contribution in [0, 0.1) is 11.3 Å². The maximum Gasteiger partial charge on any atom is 0.227 e. The Labute approximate surface area is 175 Å². The zero-order chi connectivity index (χ0) is 20.6. The van der Waals surface area contributed by atoms with E-state index in [2.05, 4.69) is 15.0 Å². The molecule has 1 atom stereocenters. The van der Waals surface area contributed by atoms with E-state index in [1.54, 1.807) is 24.8 Å². The van der Waals surface area contributed by atoms with E-state index in [1.807, 2.05) is 29.2 Å². The van der Waals surface area contributed by atoms with Crippen LogP contribution in [-0.2, 0) is 11.2 Å². The molecule has 5 rings (SSSR count). The molecule has 0 aromatic carbocycles. The number of pyridine rings is 2. The number of rotatable bonds is 5. The zero-order valence-corrected chi connectivity index (χ0v) is 16.8. The molecule has 7 nitrogen and oxygen atoms in total. The maximum absolute atomic E-state index is 12.6. The van der Waals surface area contributed by atoms with Crippen molar-refractivity contribution in [3.05, 3.63) is 60.4 Å². The summed E-state index contributed by atoms with van der Waals surface area (Å²) in [4.78, 5) is 27.3. The van der Waals surface area contributed by atoms with E-state index >= 15 is 0 Å². The number of hydrogen-bond acceptors (Lipinski definition) is 5. The second-order valence-corrected chi connectivity index (χ2v) is 8.43. The second kappa shape index (κ2) is 7.55. The number of amidine groups is 1. The van der Waals surface area contributed by atoms with Crippen molar-refractivity contribution in [2.75, 3.05) is 19.6 Å². The summed E-state index contributed by atoms with van der Waals surface area (Å²) in [6.07, 6.45) is 10.6. The minimum atomic E-state index is 0.191. The number of fused-ring (bicyclic) bond motifs is 1. The van der Waals surface area contributed by atoms with Crippen molar-refractivity contribution in [2.45, 2.75) is 25.7 Å². The van der Waals surface area contributed by atoms with Gasteiger partial charge in [-0.05, 0) is 54.4 Å². The molecule has 1 spiro atoms. The number of furan rings is 1. The van der Waals surface area contributed by atoms with Crippen LogP contribution in [0.2, 0.25) is 0 Å². The van der Waals surface area contributed by atoms with Gasteiger partial charge in [0.15, 0.2) is 17.2 Å². The van der Waals surface area contributed by atoms with Gasteiger partial charge in [-0.1, -0.05) is 6.07 Å². The van der Waals surface area contributed by atoms with E-state index in [-0.39, 0.29) is 5.91 Å². The van der Waals surface area contributed by atoms with Crippen LogP contribution in [0.1, 0.15) is 30.6 Å². The number of nitrogens with two attached hydrogens (primary N) is 1. The summed E-state index contributed by atoms with van der Waals surface area (Å²) in [5, 5.41) is 0.976. The quantitative estimate of drug-likeness (QED) is 0.522. The molecule has 0 bridgehead atoms. The Morgan fingerprint density at radius 3 is 2.83 bits per heavy atom. The smallest absolute Gasteiger partial charge is 0.227 e. The Balaban J connectivity index is 1.14. The molecule has 154 valence electrons. The number of carbonyl (C=O) groups is 1. The van der Waals surface area contributed by atoms with Gasteiger partial charge >= 0.3 is 0 Å². The zero-order valence-electron chi connectivity index (χ0n) is 16.8. The van der Waals surface area contributed by atoms with Crippen molar-refractivity contribution in [1.82, 2.24) is 14.9 Å². The van der Waals surface area contributed by atoms with Gasteiger partial charge in [0, 0.05) is 43.6 Å². The molecular formula is C23H25N5O2. The van der Waals surface area contributed by atoms with E-state index in [4.69, 9.17) is 10.2 Å². The molecule has 1 unspecified atom stereocenters. The summed E-state index contributed by atoms with van der Waals surface area (Å²) >= 11 is 0. The molecule has 3 aromatic heterocycles. The SMILES string of the molecule is NC(=NCC1CC12CCN(C(=O)Cc1cccnc1)CC2)c1cc2ccncc2o1. The van der Waals surface area contributed by atoms with Gasteiger partial charge in [-0.25, -0.2) is 0 Å². The fourth-order valence-corrected chi connectivity index (χ4v) is 4.59. The van der Waals surface area contributed by atoms with Crippen LogP contribution in [0.4, 0.5) is 0 Å². The largest absolute Gasteiger partial charge is 0.451 e. The highest BCUT2D eigenvalue weighted by atomic mass is 16.3. The van der Waals surface area contributed by atoms with Crippen molar-refractivity contribution in [2.24, 2.45) is 22.1 Å². The van der Waals surface area contributed by atoms with Gasteiger partial charge in [-0.2, -0.15) is 0 Å². The highest BCUT2D eigenvalue weighted by molar-refractivity contribution is 5.98. The lowest BCUT2D eigenvalue weighted by molar-refractivity contribution is -0.132. The molecule has 0 radical (unpaired) electrons. The first kappa shape index (κ1) is 18.8. The molecule has 30 heavy (non-hydrogen) atoms. The fourth-order valence-electron chi connectivity index (χ4n) is 4.59. The minimum absolute atomic E-state index is 0.191. The minimum Gasteiger partial charge on any atom is -0.451 e. The molecule has 3 aromatic rings. The van der Waals surface area contributed by atoms with Crippen LogP contribution in [0.25, 0.3) is 11.0 Å². The van der Waals surface area contributed by atoms with Crippen molar-refractivity contribution >= 4 is 22.7 Å². The van der Waals surface area contributed by atoms with Crippen molar-refractivity contribution in [1.29, 1.82) is 0 Å². The lowest BCUT2D eigenvalue weighted by atomic mass is 9.90. The van der Waals surface area contributed by atoms with Crippen LogP contribution in [0.3, 0.4) is 0 Å². The van der Waals surface area contributed by atoms with E-state index in [9.17, 15) is 4.79 Å². The van der Waals surface area contributed by atoms with E-state index < -0.39 is 0 Å². The number of carbonyl (C=O) groups excluding carboxylic acids is 1. The molecule has 1 amide bonds. The van der Waals surface area contributed by atoms with Gasteiger partial charge in [0.05, 0.1) is 12.6 Å². The first-order valence-corrected chi connectivity index (χ1v) is 10.4. The topological polar surface area (TPSA) is 97.6 Å². The van der Waals surface area contributed by atoms with Crippen LogP contribution < -0.4 is 5.73 Å². The molecule has 1 saturated heterocycles. The summed E-state index contributed by atoms with van der Waals surface area (Å²) in [6.45, 7) is 2.36. The normalized spacial score (nSPS) is 20.6. The van der Waals surface area contributed by atoms with E-state index in [1.165, 1.54) is 6.42 Å². The Morgan fingerprint density at radius 2 is 2.07 bits per heavy atom. The summed E-state index contributed by atoms with van der Waals surface area (Å²) in [7, 11) is 0. The molecule has 1 saturated carbocycles. The number of amides is 1. The van der Waals surface area contributed by atoms with Crippen molar-refractivity contribution in [3.63, 3.8) is 0 Å². The predicted octanol–water partition coefficient (Wildman–Crippen LogP) is 2.80. The third kappa shape index (κ3) is 3.67. The Morgan fingerprint density at radius 1 is 1.23 bits per heavy atom. The third-order valence-corrected chi connectivity index (χ3v) is 6.61. The molecule has 2 fully saturated rings. The average Bonchev–Trinajstić information content (AvgIpc) is 3.25.